The van der Waals surface area contributed by atoms with Crippen molar-refractivity contribution in [1.29, 1.82) is 0 Å². The van der Waals surface area contributed by atoms with Gasteiger partial charge in [0, 0.05) is 30.5 Å². The molecule has 2 heterocycles. The smallest absolute Gasteiger partial charge is 0.448 e. The van der Waals surface area contributed by atoms with E-state index in [0.717, 1.165) is 28.7 Å². The van der Waals surface area contributed by atoms with Gasteiger partial charge in [0.15, 0.2) is 5.76 Å². The minimum Gasteiger partial charge on any atom is -0.506 e. The number of amides is 2. The predicted molar refractivity (Wildman–Crippen MR) is 134 cm³/mol. The number of aliphatic hydroxyl groups is 2. The summed E-state index contributed by atoms with van der Waals surface area (Å²) in [6.07, 6.45) is -3.59. The Bertz CT molecular complexity index is 1500. The second-order valence-corrected chi connectivity index (χ2v) is 9.95. The highest BCUT2D eigenvalue weighted by Crippen LogP contribution is 2.31. The van der Waals surface area contributed by atoms with E-state index in [1.54, 1.807) is 0 Å². The third-order valence-corrected chi connectivity index (χ3v) is 6.72. The summed E-state index contributed by atoms with van der Waals surface area (Å²) >= 11 is 1.82. The fourth-order valence-corrected chi connectivity index (χ4v) is 4.87. The Balaban J connectivity index is 1.45. The molecule has 0 atom stereocenters. The van der Waals surface area contributed by atoms with Gasteiger partial charge in [-0.05, 0) is 36.4 Å². The molecule has 0 aliphatic rings. The summed E-state index contributed by atoms with van der Waals surface area (Å²) < 4.78 is 64.8. The van der Waals surface area contributed by atoms with Crippen molar-refractivity contribution >= 4 is 78.4 Å². The predicted octanol–water partition coefficient (Wildman–Crippen LogP) is 6.50. The zero-order chi connectivity index (χ0) is 27.8. The first-order chi connectivity index (χ1) is 17.7. The molecule has 38 heavy (non-hydrogen) atoms. The normalized spacial score (nSPS) is 13.2. The lowest BCUT2D eigenvalue weighted by atomic mass is 10.2. The number of nitrogens with zero attached hydrogens (tertiary/aromatic N) is 2. The van der Waals surface area contributed by atoms with E-state index < -0.39 is 35.4 Å². The first kappa shape index (κ1) is 26.9. The number of aliphatic hydroxyl groups excluding tert-OH is 2. The number of thiazole rings is 2. The average molecular weight is 571 g/mol. The molecule has 2 aromatic heterocycles. The van der Waals surface area contributed by atoms with Gasteiger partial charge in [-0.3, -0.25) is 9.59 Å². The average Bonchev–Trinajstić information content (AvgIpc) is 3.39. The van der Waals surface area contributed by atoms with Crippen LogP contribution in [0.1, 0.15) is 16.9 Å². The molecular weight excluding hydrogens is 555 g/mol. The van der Waals surface area contributed by atoms with E-state index in [9.17, 15) is 36.6 Å². The number of hydrogen-bond donors (Lipinski definition) is 4. The quantitative estimate of drug-likeness (QED) is 0.123. The summed E-state index contributed by atoms with van der Waals surface area (Å²) in [5.74, 6) is -8.44. The topological polar surface area (TPSA) is 124 Å². The summed E-state index contributed by atoms with van der Waals surface area (Å²) in [7, 11) is 0. The van der Waals surface area contributed by atoms with E-state index in [4.69, 9.17) is 5.11 Å². The van der Waals surface area contributed by atoms with Crippen molar-refractivity contribution < 1.29 is 41.8 Å². The Morgan fingerprint density at radius 2 is 1.21 bits per heavy atom. The molecule has 8 nitrogen and oxygen atoms in total. The monoisotopic (exact) mass is 570 g/mol. The Labute approximate surface area is 217 Å². The van der Waals surface area contributed by atoms with Gasteiger partial charge >= 0.3 is 23.9 Å². The number of hydrogen-bond acceptors (Lipinski definition) is 8. The largest absolute Gasteiger partial charge is 0.506 e. The van der Waals surface area contributed by atoms with Crippen LogP contribution >= 0.6 is 22.7 Å². The maximum Gasteiger partial charge on any atom is 0.448 e. The van der Waals surface area contributed by atoms with Crippen LogP contribution in [0.15, 0.2) is 47.9 Å². The van der Waals surface area contributed by atoms with Gasteiger partial charge in [0.25, 0.3) is 0 Å². The highest BCUT2D eigenvalue weighted by Gasteiger charge is 2.34. The fourth-order valence-electron chi connectivity index (χ4n) is 2.98. The van der Waals surface area contributed by atoms with Crippen molar-refractivity contribution in [2.45, 2.75) is 19.0 Å². The van der Waals surface area contributed by atoms with Gasteiger partial charge in [-0.2, -0.15) is 22.0 Å². The van der Waals surface area contributed by atoms with Gasteiger partial charge in [-0.25, -0.2) is 9.97 Å². The Hall–Kier alpha value is -4.11. The molecule has 0 spiro atoms. The molecule has 0 radical (unpaired) electrons. The Morgan fingerprint density at radius 3 is 1.61 bits per heavy atom. The van der Waals surface area contributed by atoms with Gasteiger partial charge in [-0.15, -0.1) is 22.7 Å². The van der Waals surface area contributed by atoms with Crippen LogP contribution < -0.4 is 10.6 Å². The van der Waals surface area contributed by atoms with Crippen LogP contribution in [0.2, 0.25) is 0 Å². The van der Waals surface area contributed by atoms with Crippen LogP contribution in [0.25, 0.3) is 32.6 Å². The zero-order valence-corrected chi connectivity index (χ0v) is 20.6. The summed E-state index contributed by atoms with van der Waals surface area (Å²) in [6, 6.07) is 8.66. The minimum absolute atomic E-state index is 0.105. The Morgan fingerprint density at radius 1 is 0.789 bits per heavy atom. The number of alkyl halides is 5. The molecule has 2 aromatic carbocycles. The van der Waals surface area contributed by atoms with Gasteiger partial charge in [0.2, 0.25) is 5.76 Å². The molecular formula is C23H15F5N4O4S2. The van der Waals surface area contributed by atoms with Crippen molar-refractivity contribution in [3.8, 4) is 0 Å². The molecule has 0 bridgehead atoms. The van der Waals surface area contributed by atoms with E-state index in [1.165, 1.54) is 36.4 Å². The minimum atomic E-state index is -4.91. The second-order valence-electron chi connectivity index (χ2n) is 7.82. The second kappa shape index (κ2) is 9.98. The number of benzene rings is 2. The van der Waals surface area contributed by atoms with Crippen molar-refractivity contribution in [3.05, 3.63) is 57.9 Å². The Kier molecular flexibility index (Phi) is 7.08. The molecule has 0 aliphatic carbocycles. The van der Waals surface area contributed by atoms with Crippen molar-refractivity contribution in [2.24, 2.45) is 0 Å². The number of allylic oxidation sites excluding steroid dienone is 2. The van der Waals surface area contributed by atoms with E-state index >= 15 is 0 Å². The van der Waals surface area contributed by atoms with Crippen LogP contribution in [-0.2, 0) is 9.59 Å². The number of halogens is 5. The molecule has 4 aromatic rings. The SMILES string of the molecule is CC(F)(F)/C(O)=C/c1nc2ccc(NC(=O)C(=O)Nc3ccc4nc(/C=C(\O)C(F)(F)F)sc4c3)cc2s1. The molecule has 198 valence electrons. The summed E-state index contributed by atoms with van der Waals surface area (Å²) in [5, 5.41) is 23.3. The zero-order valence-electron chi connectivity index (χ0n) is 18.9. The fraction of sp³-hybridized carbons (Fsp3) is 0.130. The maximum atomic E-state index is 13.2. The highest BCUT2D eigenvalue weighted by atomic mass is 32.1. The number of nitrogens with one attached hydrogen (secondary N) is 2. The van der Waals surface area contributed by atoms with Gasteiger partial charge < -0.3 is 20.8 Å². The molecule has 0 unspecified atom stereocenters. The number of carbonyl (C=O) groups is 2. The molecule has 4 N–H and O–H groups in total. The lowest BCUT2D eigenvalue weighted by Gasteiger charge is -2.07. The van der Waals surface area contributed by atoms with Crippen LogP contribution in [0, 0.1) is 0 Å². The summed E-state index contributed by atoms with van der Waals surface area (Å²) in [6.45, 7) is 0.541. The number of anilines is 2. The number of rotatable bonds is 5. The molecule has 15 heteroatoms. The van der Waals surface area contributed by atoms with Gasteiger partial charge in [0.1, 0.15) is 10.0 Å². The third kappa shape index (κ3) is 6.23. The standard InChI is InChI=1S/C23H15F5N4O4S2/c1-22(24,25)16(33)8-18-31-12-4-2-10(6-14(12)37-18)29-20(35)21(36)30-11-3-5-13-15(7-11)38-19(32-13)9-17(34)23(26,27)28/h2-9,33-34H,1H3,(H,29,35)(H,30,36)/b16-8-,17-9-. The molecule has 0 fully saturated rings. The number of aromatic nitrogens is 2. The van der Waals surface area contributed by atoms with E-state index in [2.05, 4.69) is 20.6 Å². The summed E-state index contributed by atoms with van der Waals surface area (Å²) in [4.78, 5) is 32.8. The third-order valence-electron chi connectivity index (χ3n) is 4.79. The maximum absolute atomic E-state index is 13.2. The van der Waals surface area contributed by atoms with E-state index in [0.29, 0.717) is 33.4 Å². The number of carbonyl (C=O) groups excluding carboxylic acids is 2. The lowest BCUT2D eigenvalue weighted by molar-refractivity contribution is -0.132. The van der Waals surface area contributed by atoms with Gasteiger partial charge in [-0.1, -0.05) is 0 Å². The van der Waals surface area contributed by atoms with Crippen molar-refractivity contribution in [3.63, 3.8) is 0 Å². The molecule has 4 rings (SSSR count). The van der Waals surface area contributed by atoms with Gasteiger partial charge in [0.05, 0.1) is 20.4 Å². The van der Waals surface area contributed by atoms with E-state index in [-0.39, 0.29) is 21.4 Å². The van der Waals surface area contributed by atoms with Crippen LogP contribution in [0.4, 0.5) is 33.3 Å². The van der Waals surface area contributed by atoms with Crippen LogP contribution in [0.3, 0.4) is 0 Å². The first-order valence-corrected chi connectivity index (χ1v) is 12.0. The first-order valence-electron chi connectivity index (χ1n) is 10.4. The van der Waals surface area contributed by atoms with Crippen molar-refractivity contribution in [1.82, 2.24) is 9.97 Å². The van der Waals surface area contributed by atoms with Crippen LogP contribution in [-0.4, -0.2) is 44.1 Å². The van der Waals surface area contributed by atoms with Crippen LogP contribution in [0.5, 0.6) is 0 Å². The highest BCUT2D eigenvalue weighted by molar-refractivity contribution is 7.19. The molecule has 0 saturated carbocycles. The molecule has 0 aliphatic heterocycles. The molecule has 0 saturated heterocycles. The lowest BCUT2D eigenvalue weighted by Crippen LogP contribution is -2.29. The van der Waals surface area contributed by atoms with Crippen molar-refractivity contribution in [2.75, 3.05) is 10.6 Å². The molecule has 2 amide bonds. The van der Waals surface area contributed by atoms with E-state index in [1.807, 2.05) is 0 Å². The number of fused-ring (bicyclic) bond motifs is 2. The summed E-state index contributed by atoms with van der Waals surface area (Å²) in [5.41, 5.74) is 1.15.